The Morgan fingerprint density at radius 3 is 2.68 bits per heavy atom. The van der Waals surface area contributed by atoms with Crippen LogP contribution >= 0.6 is 22.6 Å². The normalized spacial score (nSPS) is 11.4. The first-order chi connectivity index (χ1) is 8.83. The number of nitrogens with zero attached hydrogens (tertiary/aromatic N) is 1. The number of carbonyl (C=O) groups excluding carboxylic acids is 1. The van der Waals surface area contributed by atoms with Crippen molar-refractivity contribution in [2.24, 2.45) is 0 Å². The summed E-state index contributed by atoms with van der Waals surface area (Å²) in [5, 5.41) is 4.71. The lowest BCUT2D eigenvalue weighted by Crippen LogP contribution is -2.27. The van der Waals surface area contributed by atoms with Gasteiger partial charge in [0.25, 0.3) is 0 Å². The molecule has 0 radical (unpaired) electrons. The van der Waals surface area contributed by atoms with Crippen LogP contribution in [0.1, 0.15) is 20.8 Å². The Morgan fingerprint density at radius 1 is 1.26 bits per heavy atom. The van der Waals surface area contributed by atoms with Crippen molar-refractivity contribution in [1.29, 1.82) is 0 Å². The van der Waals surface area contributed by atoms with Crippen molar-refractivity contribution in [3.05, 3.63) is 34.0 Å². The van der Waals surface area contributed by atoms with E-state index in [0.29, 0.717) is 5.82 Å². The van der Waals surface area contributed by atoms with E-state index in [9.17, 15) is 4.79 Å². The summed E-state index contributed by atoms with van der Waals surface area (Å²) in [6, 6.07) is 7.90. The Hall–Kier alpha value is -1.37. The predicted octanol–water partition coefficient (Wildman–Crippen LogP) is 4.19. The number of rotatable bonds is 1. The fourth-order valence-corrected chi connectivity index (χ4v) is 2.10. The van der Waals surface area contributed by atoms with Crippen LogP contribution < -0.4 is 5.32 Å². The molecule has 0 atom stereocenters. The van der Waals surface area contributed by atoms with Crippen molar-refractivity contribution in [2.45, 2.75) is 26.4 Å². The van der Waals surface area contributed by atoms with Gasteiger partial charge in [0.2, 0.25) is 0 Å². The van der Waals surface area contributed by atoms with Gasteiger partial charge in [-0.1, -0.05) is 6.07 Å². The van der Waals surface area contributed by atoms with E-state index in [2.05, 4.69) is 32.9 Å². The maximum atomic E-state index is 11.7. The molecule has 0 aliphatic rings. The molecule has 4 nitrogen and oxygen atoms in total. The Kier molecular flexibility index (Phi) is 3.93. The highest BCUT2D eigenvalue weighted by molar-refractivity contribution is 14.1. The monoisotopic (exact) mass is 370 g/mol. The van der Waals surface area contributed by atoms with Gasteiger partial charge in [0.1, 0.15) is 11.4 Å². The third-order valence-electron chi connectivity index (χ3n) is 2.31. The minimum absolute atomic E-state index is 0.490. The average Bonchev–Trinajstić information content (AvgIpc) is 2.25. The Balaban J connectivity index is 2.19. The Bertz CT molecular complexity index is 620. The first-order valence-corrected chi connectivity index (χ1v) is 6.97. The highest BCUT2D eigenvalue weighted by atomic mass is 127. The van der Waals surface area contributed by atoms with E-state index >= 15 is 0 Å². The third-order valence-corrected chi connectivity index (χ3v) is 2.98. The molecule has 0 spiro atoms. The summed E-state index contributed by atoms with van der Waals surface area (Å²) in [5.41, 5.74) is -0.518. The largest absolute Gasteiger partial charge is 0.444 e. The number of anilines is 1. The molecule has 0 saturated carbocycles. The van der Waals surface area contributed by atoms with Crippen LogP contribution in [-0.4, -0.2) is 16.7 Å². The van der Waals surface area contributed by atoms with Gasteiger partial charge in [-0.05, 0) is 66.9 Å². The fourth-order valence-electron chi connectivity index (χ4n) is 1.59. The van der Waals surface area contributed by atoms with Crippen molar-refractivity contribution in [2.75, 3.05) is 5.32 Å². The topological polar surface area (TPSA) is 51.2 Å². The van der Waals surface area contributed by atoms with E-state index in [1.54, 1.807) is 6.20 Å². The average molecular weight is 370 g/mol. The van der Waals surface area contributed by atoms with E-state index in [4.69, 9.17) is 4.74 Å². The standard InChI is InChI=1S/C14H15IN2O2/c1-14(2,3)19-13(18)17-12-7-10-6-11(15)5-4-9(10)8-16-12/h4-8H,1-3H3,(H,16,17,18). The molecule has 0 aliphatic carbocycles. The van der Waals surface area contributed by atoms with Gasteiger partial charge in [0, 0.05) is 15.2 Å². The molecule has 1 aromatic heterocycles. The number of fused-ring (bicyclic) bond motifs is 1. The predicted molar refractivity (Wildman–Crippen MR) is 84.3 cm³/mol. The van der Waals surface area contributed by atoms with Crippen LogP contribution in [0.5, 0.6) is 0 Å². The third kappa shape index (κ3) is 4.05. The molecule has 5 heteroatoms. The quantitative estimate of drug-likeness (QED) is 0.766. The number of benzene rings is 1. The summed E-state index contributed by atoms with van der Waals surface area (Å²) < 4.78 is 6.32. The molecule has 0 unspecified atom stereocenters. The number of hydrogen-bond acceptors (Lipinski definition) is 3. The number of hydrogen-bond donors (Lipinski definition) is 1. The zero-order valence-corrected chi connectivity index (χ0v) is 13.2. The fraction of sp³-hybridized carbons (Fsp3) is 0.286. The van der Waals surface area contributed by atoms with Gasteiger partial charge < -0.3 is 4.74 Å². The first-order valence-electron chi connectivity index (χ1n) is 5.89. The summed E-state index contributed by atoms with van der Waals surface area (Å²) in [7, 11) is 0. The van der Waals surface area contributed by atoms with Crippen molar-refractivity contribution < 1.29 is 9.53 Å². The second-order valence-corrected chi connectivity index (χ2v) is 6.43. The molecular formula is C14H15IN2O2. The van der Waals surface area contributed by atoms with Crippen LogP contribution in [0.4, 0.5) is 10.6 Å². The summed E-state index contributed by atoms with van der Waals surface area (Å²) in [6.45, 7) is 5.47. The highest BCUT2D eigenvalue weighted by Crippen LogP contribution is 2.19. The highest BCUT2D eigenvalue weighted by Gasteiger charge is 2.16. The molecule has 19 heavy (non-hydrogen) atoms. The lowest BCUT2D eigenvalue weighted by atomic mass is 10.2. The van der Waals surface area contributed by atoms with Gasteiger partial charge in [-0.3, -0.25) is 5.32 Å². The molecule has 0 fully saturated rings. The van der Waals surface area contributed by atoms with E-state index in [-0.39, 0.29) is 0 Å². The van der Waals surface area contributed by atoms with Gasteiger partial charge in [-0.15, -0.1) is 0 Å². The molecule has 2 rings (SSSR count). The van der Waals surface area contributed by atoms with Crippen LogP contribution in [0.15, 0.2) is 30.5 Å². The molecule has 2 aromatic rings. The molecule has 0 aliphatic heterocycles. The Labute approximate surface area is 125 Å². The number of halogens is 1. The maximum absolute atomic E-state index is 11.7. The molecule has 1 aromatic carbocycles. The number of carbonyl (C=O) groups is 1. The van der Waals surface area contributed by atoms with Crippen molar-refractivity contribution >= 4 is 45.3 Å². The molecule has 0 saturated heterocycles. The summed E-state index contributed by atoms with van der Waals surface area (Å²) in [6.07, 6.45) is 1.24. The van der Waals surface area contributed by atoms with Gasteiger partial charge in [-0.2, -0.15) is 0 Å². The number of pyridine rings is 1. The van der Waals surface area contributed by atoms with Crippen molar-refractivity contribution in [3.8, 4) is 0 Å². The van der Waals surface area contributed by atoms with Crippen LogP contribution in [0, 0.1) is 3.57 Å². The summed E-state index contributed by atoms with van der Waals surface area (Å²) >= 11 is 2.25. The number of amides is 1. The van der Waals surface area contributed by atoms with E-state index < -0.39 is 11.7 Å². The molecule has 100 valence electrons. The minimum atomic E-state index is -0.518. The maximum Gasteiger partial charge on any atom is 0.413 e. The van der Waals surface area contributed by atoms with Gasteiger partial charge in [0.05, 0.1) is 0 Å². The number of aromatic nitrogens is 1. The van der Waals surface area contributed by atoms with Crippen LogP contribution in [0.3, 0.4) is 0 Å². The number of nitrogens with one attached hydrogen (secondary N) is 1. The zero-order chi connectivity index (χ0) is 14.0. The van der Waals surface area contributed by atoms with Crippen molar-refractivity contribution in [1.82, 2.24) is 4.98 Å². The van der Waals surface area contributed by atoms with Crippen LogP contribution in [0.25, 0.3) is 10.8 Å². The van der Waals surface area contributed by atoms with Gasteiger partial charge in [-0.25, -0.2) is 9.78 Å². The van der Waals surface area contributed by atoms with E-state index in [1.165, 1.54) is 0 Å². The van der Waals surface area contributed by atoms with Crippen LogP contribution in [-0.2, 0) is 4.74 Å². The molecule has 1 N–H and O–H groups in total. The van der Waals surface area contributed by atoms with Crippen molar-refractivity contribution in [3.63, 3.8) is 0 Å². The lowest BCUT2D eigenvalue weighted by molar-refractivity contribution is 0.0635. The van der Waals surface area contributed by atoms with Crippen LogP contribution in [0.2, 0.25) is 0 Å². The van der Waals surface area contributed by atoms with E-state index in [0.717, 1.165) is 14.3 Å². The van der Waals surface area contributed by atoms with Gasteiger partial charge >= 0.3 is 6.09 Å². The SMILES string of the molecule is CC(C)(C)OC(=O)Nc1cc2cc(I)ccc2cn1. The first kappa shape index (κ1) is 14.0. The second-order valence-electron chi connectivity index (χ2n) is 5.19. The number of ether oxygens (including phenoxy) is 1. The summed E-state index contributed by atoms with van der Waals surface area (Å²) in [5.74, 6) is 0.490. The molecular weight excluding hydrogens is 355 g/mol. The molecule has 0 bridgehead atoms. The second kappa shape index (κ2) is 5.32. The Morgan fingerprint density at radius 2 is 2.00 bits per heavy atom. The van der Waals surface area contributed by atoms with Gasteiger partial charge in [0.15, 0.2) is 0 Å². The summed E-state index contributed by atoms with van der Waals surface area (Å²) in [4.78, 5) is 15.8. The zero-order valence-electron chi connectivity index (χ0n) is 11.0. The lowest BCUT2D eigenvalue weighted by Gasteiger charge is -2.19. The van der Waals surface area contributed by atoms with E-state index in [1.807, 2.05) is 45.0 Å². The minimum Gasteiger partial charge on any atom is -0.444 e. The smallest absolute Gasteiger partial charge is 0.413 e. The molecule has 1 amide bonds. The molecule has 1 heterocycles.